The van der Waals surface area contributed by atoms with Gasteiger partial charge in [-0.25, -0.2) is 9.59 Å². The highest BCUT2D eigenvalue weighted by molar-refractivity contribution is 6.05. The lowest BCUT2D eigenvalue weighted by Crippen LogP contribution is -2.12. The number of carboxylic acids is 1. The number of fused-ring (bicyclic) bond motifs is 2. The quantitative estimate of drug-likeness (QED) is 0.412. The molecule has 5 heteroatoms. The molecular formula is C22H14O5. The van der Waals surface area contributed by atoms with Crippen molar-refractivity contribution in [2.75, 3.05) is 0 Å². The van der Waals surface area contributed by atoms with Crippen LogP contribution in [0, 0.1) is 0 Å². The minimum Gasteiger partial charge on any atom is -0.507 e. The smallest absolute Gasteiger partial charge is 0.347 e. The summed E-state index contributed by atoms with van der Waals surface area (Å²) in [7, 11) is 0. The molecule has 0 atom stereocenters. The lowest BCUT2D eigenvalue weighted by atomic mass is 10.0. The van der Waals surface area contributed by atoms with E-state index >= 15 is 0 Å². The zero-order chi connectivity index (χ0) is 19.0. The van der Waals surface area contributed by atoms with E-state index in [1.54, 1.807) is 24.3 Å². The third-order valence-electron chi connectivity index (χ3n) is 4.39. The fraction of sp³-hybridized carbons (Fsp3) is 0. The predicted octanol–water partition coefficient (Wildman–Crippen LogP) is 4.62. The van der Waals surface area contributed by atoms with Crippen LogP contribution in [0.3, 0.4) is 0 Å². The van der Waals surface area contributed by atoms with Crippen LogP contribution >= 0.6 is 0 Å². The van der Waals surface area contributed by atoms with Crippen molar-refractivity contribution in [2.24, 2.45) is 0 Å². The number of benzene rings is 4. The summed E-state index contributed by atoms with van der Waals surface area (Å²) in [5.74, 6) is -2.29. The largest absolute Gasteiger partial charge is 0.507 e. The van der Waals surface area contributed by atoms with E-state index in [-0.39, 0.29) is 22.6 Å². The van der Waals surface area contributed by atoms with E-state index in [2.05, 4.69) is 0 Å². The lowest BCUT2D eigenvalue weighted by Gasteiger charge is -2.12. The molecule has 27 heavy (non-hydrogen) atoms. The van der Waals surface area contributed by atoms with Crippen molar-refractivity contribution in [3.05, 3.63) is 83.9 Å². The van der Waals surface area contributed by atoms with Crippen LogP contribution in [0.15, 0.2) is 72.8 Å². The van der Waals surface area contributed by atoms with E-state index in [4.69, 9.17) is 4.74 Å². The number of hydrogen-bond donors (Lipinski definition) is 2. The Morgan fingerprint density at radius 1 is 0.741 bits per heavy atom. The molecule has 0 saturated carbocycles. The molecule has 4 aromatic rings. The number of rotatable bonds is 3. The third-order valence-corrected chi connectivity index (χ3v) is 4.39. The van der Waals surface area contributed by atoms with Gasteiger partial charge in [-0.05, 0) is 34.4 Å². The number of carboxylic acid groups (broad SMARTS) is 1. The lowest BCUT2D eigenvalue weighted by molar-refractivity contribution is 0.0682. The van der Waals surface area contributed by atoms with E-state index in [1.165, 1.54) is 18.2 Å². The Bertz CT molecular complexity index is 1210. The average Bonchev–Trinajstić information content (AvgIpc) is 2.67. The zero-order valence-electron chi connectivity index (χ0n) is 14.0. The molecule has 0 aliphatic heterocycles. The van der Waals surface area contributed by atoms with Crippen LogP contribution in [0.25, 0.3) is 21.5 Å². The van der Waals surface area contributed by atoms with Gasteiger partial charge in [0.1, 0.15) is 16.9 Å². The molecule has 0 spiro atoms. The number of phenols is 1. The van der Waals surface area contributed by atoms with Gasteiger partial charge in [0.05, 0.1) is 0 Å². The van der Waals surface area contributed by atoms with Gasteiger partial charge in [-0.3, -0.25) is 0 Å². The van der Waals surface area contributed by atoms with Crippen LogP contribution in [0.1, 0.15) is 20.7 Å². The molecule has 0 saturated heterocycles. The van der Waals surface area contributed by atoms with Crippen molar-refractivity contribution in [3.63, 3.8) is 0 Å². The topological polar surface area (TPSA) is 83.8 Å². The second-order valence-electron chi connectivity index (χ2n) is 6.07. The molecule has 4 rings (SSSR count). The Hall–Kier alpha value is -3.86. The predicted molar refractivity (Wildman–Crippen MR) is 101 cm³/mol. The molecule has 0 aliphatic carbocycles. The normalized spacial score (nSPS) is 10.8. The summed E-state index contributed by atoms with van der Waals surface area (Å²) in [5, 5.41) is 22.5. The maximum atomic E-state index is 12.7. The van der Waals surface area contributed by atoms with Gasteiger partial charge in [0.15, 0.2) is 5.75 Å². The first-order valence-electron chi connectivity index (χ1n) is 8.23. The van der Waals surface area contributed by atoms with E-state index in [0.29, 0.717) is 5.39 Å². The second-order valence-corrected chi connectivity index (χ2v) is 6.07. The van der Waals surface area contributed by atoms with Crippen molar-refractivity contribution >= 4 is 33.5 Å². The molecular weight excluding hydrogens is 344 g/mol. The monoisotopic (exact) mass is 358 g/mol. The highest BCUT2D eigenvalue weighted by atomic mass is 16.5. The first-order valence-corrected chi connectivity index (χ1v) is 8.23. The number of aromatic carboxylic acids is 1. The number of carbonyl (C=O) groups excluding carboxylic acids is 1. The fourth-order valence-corrected chi connectivity index (χ4v) is 3.06. The van der Waals surface area contributed by atoms with Gasteiger partial charge < -0.3 is 14.9 Å². The SMILES string of the molecule is O=C(Oc1c(C(=O)O)ccc2ccccc12)c1cc2ccccc2cc1O. The van der Waals surface area contributed by atoms with E-state index < -0.39 is 11.9 Å². The molecule has 4 aromatic carbocycles. The maximum Gasteiger partial charge on any atom is 0.347 e. The molecule has 0 aromatic heterocycles. The summed E-state index contributed by atoms with van der Waals surface area (Å²) < 4.78 is 5.46. The number of hydrogen-bond acceptors (Lipinski definition) is 4. The maximum absolute atomic E-state index is 12.7. The molecule has 0 aliphatic rings. The fourth-order valence-electron chi connectivity index (χ4n) is 3.06. The number of ether oxygens (including phenoxy) is 1. The van der Waals surface area contributed by atoms with Gasteiger partial charge >= 0.3 is 11.9 Å². The number of carbonyl (C=O) groups is 2. The first kappa shape index (κ1) is 16.6. The molecule has 0 bridgehead atoms. The summed E-state index contributed by atoms with van der Waals surface area (Å²) in [5.41, 5.74) is -0.152. The van der Waals surface area contributed by atoms with Crippen molar-refractivity contribution in [1.29, 1.82) is 0 Å². The van der Waals surface area contributed by atoms with Crippen LogP contribution in [-0.2, 0) is 0 Å². The van der Waals surface area contributed by atoms with Crippen molar-refractivity contribution in [2.45, 2.75) is 0 Å². The minimum absolute atomic E-state index is 0.0297. The van der Waals surface area contributed by atoms with E-state index in [9.17, 15) is 19.8 Å². The minimum atomic E-state index is -1.20. The van der Waals surface area contributed by atoms with Gasteiger partial charge in [-0.2, -0.15) is 0 Å². The summed E-state index contributed by atoms with van der Waals surface area (Å²) in [6.07, 6.45) is 0. The first-order chi connectivity index (χ1) is 13.0. The second kappa shape index (κ2) is 6.46. The van der Waals surface area contributed by atoms with Crippen LogP contribution in [0.4, 0.5) is 0 Å². The van der Waals surface area contributed by atoms with E-state index in [1.807, 2.05) is 30.3 Å². The van der Waals surface area contributed by atoms with Gasteiger partial charge in [0.2, 0.25) is 0 Å². The summed E-state index contributed by atoms with van der Waals surface area (Å²) in [4.78, 5) is 24.3. The molecule has 0 heterocycles. The molecule has 132 valence electrons. The molecule has 0 radical (unpaired) electrons. The number of esters is 1. The standard InChI is InChI=1S/C22H14O5/c23-19-12-15-7-2-1-6-14(15)11-18(19)22(26)27-20-16-8-4-3-5-13(16)9-10-17(20)21(24)25/h1-12,23H,(H,24,25). The Kier molecular flexibility index (Phi) is 3.97. The molecule has 0 fully saturated rings. The van der Waals surface area contributed by atoms with Gasteiger partial charge in [0.25, 0.3) is 0 Å². The van der Waals surface area contributed by atoms with Gasteiger partial charge in [-0.1, -0.05) is 54.6 Å². The molecule has 5 nitrogen and oxygen atoms in total. The van der Waals surface area contributed by atoms with Crippen molar-refractivity contribution in [1.82, 2.24) is 0 Å². The van der Waals surface area contributed by atoms with Crippen molar-refractivity contribution < 1.29 is 24.5 Å². The third kappa shape index (κ3) is 2.95. The Morgan fingerprint density at radius 2 is 1.37 bits per heavy atom. The number of phenolic OH excluding ortho intramolecular Hbond substituents is 1. The van der Waals surface area contributed by atoms with Gasteiger partial charge in [-0.15, -0.1) is 0 Å². The zero-order valence-corrected chi connectivity index (χ0v) is 14.0. The Morgan fingerprint density at radius 3 is 2.07 bits per heavy atom. The highest BCUT2D eigenvalue weighted by Gasteiger charge is 2.21. The van der Waals surface area contributed by atoms with Crippen molar-refractivity contribution in [3.8, 4) is 11.5 Å². The van der Waals surface area contributed by atoms with Crippen LogP contribution in [-0.4, -0.2) is 22.2 Å². The molecule has 0 unspecified atom stereocenters. The van der Waals surface area contributed by atoms with Crippen LogP contribution in [0.5, 0.6) is 11.5 Å². The molecule has 2 N–H and O–H groups in total. The Labute approximate surface area is 154 Å². The summed E-state index contributed by atoms with van der Waals surface area (Å²) >= 11 is 0. The summed E-state index contributed by atoms with van der Waals surface area (Å²) in [6, 6.07) is 20.4. The van der Waals surface area contributed by atoms with Crippen LogP contribution < -0.4 is 4.74 Å². The molecule has 0 amide bonds. The van der Waals surface area contributed by atoms with Gasteiger partial charge in [0, 0.05) is 5.39 Å². The summed E-state index contributed by atoms with van der Waals surface area (Å²) in [6.45, 7) is 0. The average molecular weight is 358 g/mol. The Balaban J connectivity index is 1.82. The highest BCUT2D eigenvalue weighted by Crippen LogP contribution is 2.32. The van der Waals surface area contributed by atoms with E-state index in [0.717, 1.165) is 16.2 Å². The van der Waals surface area contributed by atoms with Crippen LogP contribution in [0.2, 0.25) is 0 Å². The number of aromatic hydroxyl groups is 1.